The Morgan fingerprint density at radius 1 is 1.55 bits per heavy atom. The van der Waals surface area contributed by atoms with Crippen molar-refractivity contribution in [2.45, 2.75) is 26.2 Å². The van der Waals surface area contributed by atoms with Gasteiger partial charge in [0.25, 0.3) is 0 Å². The molecular formula is C10H13Cl. The fourth-order valence-electron chi connectivity index (χ4n) is 1.19. The molecular weight excluding hydrogens is 156 g/mol. The molecule has 0 aromatic heterocycles. The summed E-state index contributed by atoms with van der Waals surface area (Å²) in [6, 6.07) is 0. The van der Waals surface area contributed by atoms with Crippen LogP contribution < -0.4 is 0 Å². The summed E-state index contributed by atoms with van der Waals surface area (Å²) in [4.78, 5) is 0. The fourth-order valence-corrected chi connectivity index (χ4v) is 1.35. The second kappa shape index (κ2) is 3.77. The number of hydrogen-bond donors (Lipinski definition) is 0. The van der Waals surface area contributed by atoms with Gasteiger partial charge in [-0.1, -0.05) is 35.4 Å². The monoisotopic (exact) mass is 168 g/mol. The maximum atomic E-state index is 5.81. The van der Waals surface area contributed by atoms with Gasteiger partial charge in [-0.05, 0) is 32.3 Å². The lowest BCUT2D eigenvalue weighted by Crippen LogP contribution is -1.90. The SMILES string of the molecule is C=C(C)CC1=CC=C(Cl)CC1. The number of allylic oxidation sites excluding steroid dienone is 5. The summed E-state index contributed by atoms with van der Waals surface area (Å²) >= 11 is 5.81. The normalized spacial score (nSPS) is 17.3. The van der Waals surface area contributed by atoms with E-state index in [1.54, 1.807) is 0 Å². The van der Waals surface area contributed by atoms with Gasteiger partial charge >= 0.3 is 0 Å². The minimum Gasteiger partial charge on any atom is -0.0998 e. The zero-order valence-corrected chi connectivity index (χ0v) is 7.62. The molecule has 0 fully saturated rings. The molecule has 0 amide bonds. The van der Waals surface area contributed by atoms with E-state index in [-0.39, 0.29) is 0 Å². The molecule has 0 spiro atoms. The highest BCUT2D eigenvalue weighted by Gasteiger charge is 2.03. The first-order chi connectivity index (χ1) is 5.18. The molecule has 0 radical (unpaired) electrons. The third-order valence-electron chi connectivity index (χ3n) is 1.71. The first-order valence-electron chi connectivity index (χ1n) is 3.87. The van der Waals surface area contributed by atoms with Crippen molar-refractivity contribution >= 4 is 11.6 Å². The molecule has 0 aliphatic heterocycles. The molecule has 0 heterocycles. The molecule has 1 rings (SSSR count). The second-order valence-corrected chi connectivity index (χ2v) is 3.56. The Hall–Kier alpha value is -0.490. The van der Waals surface area contributed by atoms with Crippen molar-refractivity contribution in [1.29, 1.82) is 0 Å². The molecule has 1 aliphatic carbocycles. The van der Waals surface area contributed by atoms with Gasteiger partial charge < -0.3 is 0 Å². The number of halogens is 1. The van der Waals surface area contributed by atoms with Crippen molar-refractivity contribution in [1.82, 2.24) is 0 Å². The van der Waals surface area contributed by atoms with Gasteiger partial charge in [-0.15, -0.1) is 0 Å². The van der Waals surface area contributed by atoms with E-state index in [0.717, 1.165) is 24.3 Å². The Bertz CT molecular complexity index is 221. The van der Waals surface area contributed by atoms with E-state index in [1.807, 2.05) is 6.08 Å². The topological polar surface area (TPSA) is 0 Å². The standard InChI is InChI=1S/C10H13Cl/c1-8(2)7-9-3-5-10(11)6-4-9/h3,5H,1,4,6-7H2,2H3. The molecule has 0 aromatic carbocycles. The third kappa shape index (κ3) is 2.94. The Balaban J connectivity index is 2.54. The van der Waals surface area contributed by atoms with E-state index in [1.165, 1.54) is 11.1 Å². The van der Waals surface area contributed by atoms with Crippen LogP contribution >= 0.6 is 11.6 Å². The summed E-state index contributed by atoms with van der Waals surface area (Å²) in [5, 5.41) is 0.968. The van der Waals surface area contributed by atoms with Gasteiger partial charge in [0.2, 0.25) is 0 Å². The van der Waals surface area contributed by atoms with Crippen LogP contribution in [0.5, 0.6) is 0 Å². The van der Waals surface area contributed by atoms with Gasteiger partial charge in [0.15, 0.2) is 0 Å². The largest absolute Gasteiger partial charge is 0.0998 e. The van der Waals surface area contributed by atoms with Crippen LogP contribution in [0.4, 0.5) is 0 Å². The molecule has 0 unspecified atom stereocenters. The van der Waals surface area contributed by atoms with E-state index in [9.17, 15) is 0 Å². The maximum Gasteiger partial charge on any atom is 0.0184 e. The molecule has 0 aromatic rings. The predicted molar refractivity (Wildman–Crippen MR) is 50.7 cm³/mol. The Morgan fingerprint density at radius 3 is 2.73 bits per heavy atom. The quantitative estimate of drug-likeness (QED) is 0.551. The second-order valence-electron chi connectivity index (χ2n) is 3.07. The summed E-state index contributed by atoms with van der Waals surface area (Å²) in [5.41, 5.74) is 2.67. The van der Waals surface area contributed by atoms with Crippen molar-refractivity contribution in [3.63, 3.8) is 0 Å². The maximum absolute atomic E-state index is 5.81. The Labute approximate surface area is 73.3 Å². The van der Waals surface area contributed by atoms with Gasteiger partial charge in [-0.3, -0.25) is 0 Å². The highest BCUT2D eigenvalue weighted by atomic mass is 35.5. The first kappa shape index (κ1) is 8.61. The van der Waals surface area contributed by atoms with Crippen molar-refractivity contribution in [2.24, 2.45) is 0 Å². The van der Waals surface area contributed by atoms with E-state index < -0.39 is 0 Å². The lowest BCUT2D eigenvalue weighted by Gasteiger charge is -2.10. The summed E-state index contributed by atoms with van der Waals surface area (Å²) in [6.45, 7) is 5.93. The zero-order chi connectivity index (χ0) is 8.27. The summed E-state index contributed by atoms with van der Waals surface area (Å²) in [7, 11) is 0. The molecule has 0 atom stereocenters. The average Bonchev–Trinajstić information content (AvgIpc) is 1.93. The molecule has 1 heteroatoms. The van der Waals surface area contributed by atoms with Crippen LogP contribution in [0.1, 0.15) is 26.2 Å². The van der Waals surface area contributed by atoms with Gasteiger partial charge in [0.05, 0.1) is 0 Å². The van der Waals surface area contributed by atoms with E-state index in [4.69, 9.17) is 11.6 Å². The van der Waals surface area contributed by atoms with Crippen molar-refractivity contribution in [3.05, 3.63) is 34.9 Å². The van der Waals surface area contributed by atoms with Crippen LogP contribution in [0.15, 0.2) is 34.9 Å². The highest BCUT2D eigenvalue weighted by molar-refractivity contribution is 6.29. The lowest BCUT2D eigenvalue weighted by atomic mass is 9.99. The summed E-state index contributed by atoms with van der Waals surface area (Å²) in [5.74, 6) is 0. The van der Waals surface area contributed by atoms with Crippen molar-refractivity contribution < 1.29 is 0 Å². The zero-order valence-electron chi connectivity index (χ0n) is 6.86. The van der Waals surface area contributed by atoms with E-state index in [2.05, 4.69) is 19.6 Å². The average molecular weight is 169 g/mol. The predicted octanol–water partition coefficient (Wildman–Crippen LogP) is 3.80. The Morgan fingerprint density at radius 2 is 2.27 bits per heavy atom. The first-order valence-corrected chi connectivity index (χ1v) is 4.25. The third-order valence-corrected chi connectivity index (χ3v) is 2.03. The smallest absolute Gasteiger partial charge is 0.0184 e. The van der Waals surface area contributed by atoms with Gasteiger partial charge in [-0.25, -0.2) is 0 Å². The minimum atomic E-state index is 0.968. The van der Waals surface area contributed by atoms with Crippen molar-refractivity contribution in [3.8, 4) is 0 Å². The lowest BCUT2D eigenvalue weighted by molar-refractivity contribution is 0.895. The molecule has 11 heavy (non-hydrogen) atoms. The van der Waals surface area contributed by atoms with Gasteiger partial charge in [0, 0.05) is 5.03 Å². The van der Waals surface area contributed by atoms with Crippen molar-refractivity contribution in [2.75, 3.05) is 0 Å². The molecule has 0 N–H and O–H groups in total. The van der Waals surface area contributed by atoms with E-state index >= 15 is 0 Å². The van der Waals surface area contributed by atoms with Crippen LogP contribution in [0.25, 0.3) is 0 Å². The highest BCUT2D eigenvalue weighted by Crippen LogP contribution is 2.24. The van der Waals surface area contributed by atoms with E-state index in [0.29, 0.717) is 0 Å². The van der Waals surface area contributed by atoms with Crippen LogP contribution in [-0.4, -0.2) is 0 Å². The van der Waals surface area contributed by atoms with Gasteiger partial charge in [-0.2, -0.15) is 0 Å². The Kier molecular flexibility index (Phi) is 2.95. The molecule has 1 aliphatic rings. The molecule has 0 saturated heterocycles. The molecule has 0 bridgehead atoms. The minimum absolute atomic E-state index is 0.968. The summed E-state index contributed by atoms with van der Waals surface area (Å²) < 4.78 is 0. The fraction of sp³-hybridized carbons (Fsp3) is 0.400. The van der Waals surface area contributed by atoms with Crippen LogP contribution in [-0.2, 0) is 0 Å². The van der Waals surface area contributed by atoms with Crippen LogP contribution in [0.3, 0.4) is 0 Å². The van der Waals surface area contributed by atoms with Crippen LogP contribution in [0.2, 0.25) is 0 Å². The molecule has 60 valence electrons. The number of rotatable bonds is 2. The molecule has 0 saturated carbocycles. The molecule has 0 nitrogen and oxygen atoms in total. The summed E-state index contributed by atoms with van der Waals surface area (Å²) in [6.07, 6.45) is 7.23. The van der Waals surface area contributed by atoms with Gasteiger partial charge in [0.1, 0.15) is 0 Å². The number of hydrogen-bond acceptors (Lipinski definition) is 0. The van der Waals surface area contributed by atoms with Crippen LogP contribution in [0, 0.1) is 0 Å².